The van der Waals surface area contributed by atoms with E-state index in [4.69, 9.17) is 26.1 Å². The Bertz CT molecular complexity index is 621. The number of hydrogen-bond donors (Lipinski definition) is 2. The highest BCUT2D eigenvalue weighted by Gasteiger charge is 2.34. The lowest BCUT2D eigenvalue weighted by Crippen LogP contribution is -2.43. The van der Waals surface area contributed by atoms with Crippen molar-refractivity contribution >= 4 is 17.6 Å². The van der Waals surface area contributed by atoms with Crippen LogP contribution >= 0.6 is 11.6 Å². The maximum atomic E-state index is 6.28. The van der Waals surface area contributed by atoms with Gasteiger partial charge in [0, 0.05) is 63.5 Å². The van der Waals surface area contributed by atoms with Gasteiger partial charge < -0.3 is 25.0 Å². The SMILES string of the molecule is CCNC(=NCC1(c2cccc(Cl)c2)CCOCC1)NCCN(C)CCCOC. The van der Waals surface area contributed by atoms with Crippen LogP contribution in [0.4, 0.5) is 0 Å². The van der Waals surface area contributed by atoms with Crippen LogP contribution in [0.15, 0.2) is 29.3 Å². The minimum absolute atomic E-state index is 0.0254. The molecule has 0 radical (unpaired) electrons. The van der Waals surface area contributed by atoms with E-state index in [0.717, 1.165) is 82.8 Å². The van der Waals surface area contributed by atoms with E-state index in [0.29, 0.717) is 0 Å². The van der Waals surface area contributed by atoms with Crippen molar-refractivity contribution in [3.63, 3.8) is 0 Å². The number of guanidine groups is 1. The summed E-state index contributed by atoms with van der Waals surface area (Å²) in [6.07, 6.45) is 2.96. The molecule has 6 nitrogen and oxygen atoms in total. The molecule has 1 saturated heterocycles. The van der Waals surface area contributed by atoms with Gasteiger partial charge in [-0.25, -0.2) is 0 Å². The van der Waals surface area contributed by atoms with Crippen molar-refractivity contribution in [2.24, 2.45) is 4.99 Å². The molecular formula is C22H37ClN4O2. The Kier molecular flexibility index (Phi) is 10.8. The van der Waals surface area contributed by atoms with Gasteiger partial charge in [0.2, 0.25) is 0 Å². The smallest absolute Gasteiger partial charge is 0.191 e. The van der Waals surface area contributed by atoms with Gasteiger partial charge in [-0.2, -0.15) is 0 Å². The lowest BCUT2D eigenvalue weighted by Gasteiger charge is -2.36. The zero-order valence-corrected chi connectivity index (χ0v) is 18.9. The Balaban J connectivity index is 1.98. The van der Waals surface area contributed by atoms with E-state index in [1.165, 1.54) is 5.56 Å². The van der Waals surface area contributed by atoms with Crippen molar-refractivity contribution < 1.29 is 9.47 Å². The molecule has 2 rings (SSSR count). The molecule has 1 aliphatic heterocycles. The molecule has 1 aromatic carbocycles. The molecule has 1 aromatic rings. The normalized spacial score (nSPS) is 16.8. The molecule has 1 aliphatic rings. The molecule has 0 unspecified atom stereocenters. The van der Waals surface area contributed by atoms with Crippen molar-refractivity contribution in [2.45, 2.75) is 31.6 Å². The minimum atomic E-state index is -0.0254. The fraction of sp³-hybridized carbons (Fsp3) is 0.682. The second-order valence-electron chi connectivity index (χ2n) is 7.67. The Hall–Kier alpha value is -1.34. The Morgan fingerprint density at radius 3 is 2.76 bits per heavy atom. The summed E-state index contributed by atoms with van der Waals surface area (Å²) >= 11 is 6.28. The van der Waals surface area contributed by atoms with Gasteiger partial charge >= 0.3 is 0 Å². The topological polar surface area (TPSA) is 58.1 Å². The summed E-state index contributed by atoms with van der Waals surface area (Å²) < 4.78 is 10.8. The Morgan fingerprint density at radius 2 is 2.07 bits per heavy atom. The van der Waals surface area contributed by atoms with E-state index < -0.39 is 0 Å². The van der Waals surface area contributed by atoms with Gasteiger partial charge in [0.25, 0.3) is 0 Å². The second-order valence-corrected chi connectivity index (χ2v) is 8.11. The molecule has 0 spiro atoms. The second kappa shape index (κ2) is 13.1. The predicted octanol–water partition coefficient (Wildman–Crippen LogP) is 2.91. The molecule has 29 heavy (non-hydrogen) atoms. The van der Waals surface area contributed by atoms with Gasteiger partial charge in [0.15, 0.2) is 5.96 Å². The standard InChI is InChI=1S/C22H37ClN4O2/c1-4-24-21(25-11-13-27(2)12-6-14-28-3)26-18-22(9-15-29-16-10-22)19-7-5-8-20(23)17-19/h5,7-8,17H,4,6,9-16,18H2,1-3H3,(H2,24,25,26). The minimum Gasteiger partial charge on any atom is -0.385 e. The predicted molar refractivity (Wildman–Crippen MR) is 121 cm³/mol. The molecule has 0 aliphatic carbocycles. The van der Waals surface area contributed by atoms with Gasteiger partial charge in [-0.1, -0.05) is 23.7 Å². The average molecular weight is 425 g/mol. The zero-order valence-electron chi connectivity index (χ0n) is 18.2. The van der Waals surface area contributed by atoms with Crippen LogP contribution in [0.5, 0.6) is 0 Å². The fourth-order valence-corrected chi connectivity index (χ4v) is 3.84. The molecule has 1 heterocycles. The number of methoxy groups -OCH3 is 1. The summed E-state index contributed by atoms with van der Waals surface area (Å²) in [6.45, 7) is 8.81. The van der Waals surface area contributed by atoms with Crippen LogP contribution in [0.3, 0.4) is 0 Å². The van der Waals surface area contributed by atoms with Crippen molar-refractivity contribution in [3.05, 3.63) is 34.9 Å². The highest BCUT2D eigenvalue weighted by molar-refractivity contribution is 6.30. The largest absolute Gasteiger partial charge is 0.385 e. The summed E-state index contributed by atoms with van der Waals surface area (Å²) in [5, 5.41) is 7.62. The molecule has 0 saturated carbocycles. The summed E-state index contributed by atoms with van der Waals surface area (Å²) in [7, 11) is 3.88. The summed E-state index contributed by atoms with van der Waals surface area (Å²) in [4.78, 5) is 7.25. The van der Waals surface area contributed by atoms with Gasteiger partial charge in [0.05, 0.1) is 6.54 Å². The maximum Gasteiger partial charge on any atom is 0.191 e. The number of rotatable bonds is 11. The van der Waals surface area contributed by atoms with Crippen molar-refractivity contribution in [2.75, 3.05) is 66.7 Å². The highest BCUT2D eigenvalue weighted by Crippen LogP contribution is 2.36. The van der Waals surface area contributed by atoms with Crippen LogP contribution in [-0.4, -0.2) is 77.6 Å². The molecule has 7 heteroatoms. The van der Waals surface area contributed by atoms with E-state index in [1.54, 1.807) is 7.11 Å². The number of likely N-dealkylation sites (N-methyl/N-ethyl adjacent to an activating group) is 1. The van der Waals surface area contributed by atoms with Crippen LogP contribution in [0.2, 0.25) is 5.02 Å². The average Bonchev–Trinajstić information content (AvgIpc) is 2.73. The molecule has 0 aromatic heterocycles. The van der Waals surface area contributed by atoms with Crippen LogP contribution in [0.25, 0.3) is 0 Å². The van der Waals surface area contributed by atoms with Crippen LogP contribution < -0.4 is 10.6 Å². The first-order chi connectivity index (χ1) is 14.1. The first-order valence-corrected chi connectivity index (χ1v) is 11.0. The number of hydrogen-bond acceptors (Lipinski definition) is 4. The van der Waals surface area contributed by atoms with Gasteiger partial charge in [-0.15, -0.1) is 0 Å². The van der Waals surface area contributed by atoms with E-state index in [9.17, 15) is 0 Å². The molecule has 2 N–H and O–H groups in total. The van der Waals surface area contributed by atoms with Gasteiger partial charge in [-0.05, 0) is 50.9 Å². The Morgan fingerprint density at radius 1 is 1.28 bits per heavy atom. The van der Waals surface area contributed by atoms with E-state index >= 15 is 0 Å². The maximum absolute atomic E-state index is 6.28. The number of nitrogens with one attached hydrogen (secondary N) is 2. The van der Waals surface area contributed by atoms with Crippen LogP contribution in [0.1, 0.15) is 31.7 Å². The molecule has 0 atom stereocenters. The molecule has 0 amide bonds. The number of aliphatic imine (C=N–C) groups is 1. The highest BCUT2D eigenvalue weighted by atomic mass is 35.5. The zero-order chi connectivity index (χ0) is 21.0. The van der Waals surface area contributed by atoms with Gasteiger partial charge in [0.1, 0.15) is 0 Å². The molecular weight excluding hydrogens is 388 g/mol. The molecule has 164 valence electrons. The first-order valence-electron chi connectivity index (χ1n) is 10.6. The van der Waals surface area contributed by atoms with E-state index in [2.05, 4.69) is 41.6 Å². The third-order valence-corrected chi connectivity index (χ3v) is 5.68. The lowest BCUT2D eigenvalue weighted by molar-refractivity contribution is 0.0531. The third-order valence-electron chi connectivity index (χ3n) is 5.45. The lowest BCUT2D eigenvalue weighted by atomic mass is 9.74. The van der Waals surface area contributed by atoms with Gasteiger partial charge in [-0.3, -0.25) is 4.99 Å². The van der Waals surface area contributed by atoms with Crippen molar-refractivity contribution in [1.82, 2.24) is 15.5 Å². The summed E-state index contributed by atoms with van der Waals surface area (Å²) in [5.74, 6) is 0.866. The first kappa shape index (κ1) is 23.9. The molecule has 1 fully saturated rings. The number of nitrogens with zero attached hydrogens (tertiary/aromatic N) is 2. The number of ether oxygens (including phenoxy) is 2. The number of halogens is 1. The monoisotopic (exact) mass is 424 g/mol. The van der Waals surface area contributed by atoms with Crippen LogP contribution in [-0.2, 0) is 14.9 Å². The summed E-state index contributed by atoms with van der Waals surface area (Å²) in [5.41, 5.74) is 1.23. The molecule has 0 bridgehead atoms. The van der Waals surface area contributed by atoms with Crippen molar-refractivity contribution in [1.29, 1.82) is 0 Å². The Labute approximate surface area is 181 Å². The quantitative estimate of drug-likeness (QED) is 0.325. The van der Waals surface area contributed by atoms with Crippen molar-refractivity contribution in [3.8, 4) is 0 Å². The third kappa shape index (κ3) is 8.13. The van der Waals surface area contributed by atoms with E-state index in [1.807, 2.05) is 12.1 Å². The summed E-state index contributed by atoms with van der Waals surface area (Å²) in [6, 6.07) is 8.21. The fourth-order valence-electron chi connectivity index (χ4n) is 3.65. The van der Waals surface area contributed by atoms with E-state index in [-0.39, 0.29) is 5.41 Å². The number of benzene rings is 1. The van der Waals surface area contributed by atoms with Crippen LogP contribution in [0, 0.1) is 0 Å².